The minimum absolute atomic E-state index is 0.0675. The molecule has 0 aliphatic heterocycles. The third-order valence-electron chi connectivity index (χ3n) is 5.01. The molecule has 0 aliphatic rings. The Labute approximate surface area is 185 Å². The van der Waals surface area contributed by atoms with Crippen molar-refractivity contribution in [3.8, 4) is 0 Å². The molecule has 0 unspecified atom stereocenters. The summed E-state index contributed by atoms with van der Waals surface area (Å²) >= 11 is 3.31. The summed E-state index contributed by atoms with van der Waals surface area (Å²) in [7, 11) is 0. The van der Waals surface area contributed by atoms with E-state index in [-0.39, 0.29) is 5.91 Å². The smallest absolute Gasteiger partial charge is 0.260 e. The van der Waals surface area contributed by atoms with Gasteiger partial charge >= 0.3 is 0 Å². The normalized spacial score (nSPS) is 11.0. The number of fused-ring (bicyclic) bond motifs is 1. The summed E-state index contributed by atoms with van der Waals surface area (Å²) in [5.41, 5.74) is 4.80. The minimum Gasteiger partial charge on any atom is -0.278 e. The predicted octanol–water partition coefficient (Wildman–Crippen LogP) is 6.27. The van der Waals surface area contributed by atoms with E-state index >= 15 is 0 Å². The van der Waals surface area contributed by atoms with Gasteiger partial charge < -0.3 is 0 Å². The second kappa shape index (κ2) is 8.98. The standard InChI is InChI=1S/C24H23N3OS2/c1-4-29-20-11-9-18(10-12-20)23(28)27(15-19-7-5-6-14-25-19)24-26-22-17(3)16(2)8-13-21(22)30-24/h5-14H,4,15H2,1-3H3. The summed E-state index contributed by atoms with van der Waals surface area (Å²) in [4.78, 5) is 25.7. The van der Waals surface area contributed by atoms with Crippen molar-refractivity contribution in [3.63, 3.8) is 0 Å². The van der Waals surface area contributed by atoms with Crippen molar-refractivity contribution in [2.24, 2.45) is 0 Å². The fraction of sp³-hybridized carbons (Fsp3) is 0.208. The molecule has 0 fully saturated rings. The number of thioether (sulfide) groups is 1. The number of aryl methyl sites for hydroxylation is 2. The van der Waals surface area contributed by atoms with E-state index < -0.39 is 0 Å². The van der Waals surface area contributed by atoms with Gasteiger partial charge in [0.15, 0.2) is 5.13 Å². The lowest BCUT2D eigenvalue weighted by atomic mass is 10.1. The van der Waals surface area contributed by atoms with Gasteiger partial charge in [0.05, 0.1) is 22.5 Å². The van der Waals surface area contributed by atoms with Crippen LogP contribution in [0.4, 0.5) is 5.13 Å². The first-order chi connectivity index (χ1) is 14.6. The van der Waals surface area contributed by atoms with Gasteiger partial charge in [0.2, 0.25) is 0 Å². The first-order valence-corrected chi connectivity index (χ1v) is 11.7. The highest BCUT2D eigenvalue weighted by molar-refractivity contribution is 7.99. The Bertz CT molecular complexity index is 1170. The Morgan fingerprint density at radius 2 is 1.87 bits per heavy atom. The molecule has 2 aromatic carbocycles. The monoisotopic (exact) mass is 433 g/mol. The average Bonchev–Trinajstić information content (AvgIpc) is 3.20. The number of benzene rings is 2. The molecule has 2 heterocycles. The molecule has 0 aliphatic carbocycles. The molecule has 1 amide bonds. The van der Waals surface area contributed by atoms with E-state index in [0.717, 1.165) is 32.1 Å². The molecule has 0 N–H and O–H groups in total. The van der Waals surface area contributed by atoms with Gasteiger partial charge in [-0.3, -0.25) is 14.7 Å². The molecular formula is C24H23N3OS2. The molecule has 0 saturated heterocycles. The van der Waals surface area contributed by atoms with E-state index in [1.807, 2.05) is 42.5 Å². The quantitative estimate of drug-likeness (QED) is 0.336. The van der Waals surface area contributed by atoms with Crippen LogP contribution >= 0.6 is 23.1 Å². The Kier molecular flexibility index (Phi) is 6.16. The van der Waals surface area contributed by atoms with Crippen molar-refractivity contribution in [1.29, 1.82) is 0 Å². The molecule has 0 radical (unpaired) electrons. The number of amides is 1. The summed E-state index contributed by atoms with van der Waals surface area (Å²) in [5.74, 6) is 0.936. The molecule has 0 atom stereocenters. The number of rotatable bonds is 6. The zero-order chi connectivity index (χ0) is 21.1. The topological polar surface area (TPSA) is 46.1 Å². The lowest BCUT2D eigenvalue weighted by Gasteiger charge is -2.19. The molecule has 30 heavy (non-hydrogen) atoms. The minimum atomic E-state index is -0.0675. The fourth-order valence-corrected chi connectivity index (χ4v) is 4.91. The van der Waals surface area contributed by atoms with Crippen LogP contribution in [0.1, 0.15) is 34.1 Å². The largest absolute Gasteiger partial charge is 0.278 e. The van der Waals surface area contributed by atoms with E-state index in [1.54, 1.807) is 34.2 Å². The van der Waals surface area contributed by atoms with Crippen molar-refractivity contribution in [3.05, 3.63) is 83.2 Å². The Hall–Kier alpha value is -2.70. The van der Waals surface area contributed by atoms with Crippen molar-refractivity contribution < 1.29 is 4.79 Å². The molecular weight excluding hydrogens is 410 g/mol. The molecule has 152 valence electrons. The molecule has 6 heteroatoms. The van der Waals surface area contributed by atoms with Crippen molar-refractivity contribution >= 4 is 44.4 Å². The summed E-state index contributed by atoms with van der Waals surface area (Å²) in [6.45, 7) is 6.66. The second-order valence-electron chi connectivity index (χ2n) is 7.02. The number of nitrogens with zero attached hydrogens (tertiary/aromatic N) is 3. The number of carbonyl (C=O) groups is 1. The number of thiazole rings is 1. The number of aromatic nitrogens is 2. The summed E-state index contributed by atoms with van der Waals surface area (Å²) in [5, 5.41) is 0.696. The summed E-state index contributed by atoms with van der Waals surface area (Å²) in [6.07, 6.45) is 1.75. The first-order valence-electron chi connectivity index (χ1n) is 9.88. The van der Waals surface area contributed by atoms with E-state index in [2.05, 4.69) is 37.9 Å². The average molecular weight is 434 g/mol. The van der Waals surface area contributed by atoms with Crippen LogP contribution in [0.3, 0.4) is 0 Å². The lowest BCUT2D eigenvalue weighted by molar-refractivity contribution is 0.0984. The van der Waals surface area contributed by atoms with Crippen LogP contribution in [0.25, 0.3) is 10.2 Å². The van der Waals surface area contributed by atoms with Crippen LogP contribution in [0.15, 0.2) is 65.7 Å². The zero-order valence-electron chi connectivity index (χ0n) is 17.3. The van der Waals surface area contributed by atoms with Crippen LogP contribution in [-0.4, -0.2) is 21.6 Å². The van der Waals surface area contributed by atoms with Crippen LogP contribution in [0, 0.1) is 13.8 Å². The van der Waals surface area contributed by atoms with E-state index in [1.165, 1.54) is 5.56 Å². The van der Waals surface area contributed by atoms with Crippen LogP contribution in [-0.2, 0) is 6.54 Å². The number of pyridine rings is 1. The Balaban J connectivity index is 1.74. The van der Waals surface area contributed by atoms with Crippen molar-refractivity contribution in [2.45, 2.75) is 32.2 Å². The van der Waals surface area contributed by atoms with Crippen molar-refractivity contribution in [2.75, 3.05) is 10.7 Å². The van der Waals surface area contributed by atoms with Gasteiger partial charge in [0.25, 0.3) is 5.91 Å². The fourth-order valence-electron chi connectivity index (χ4n) is 3.23. The molecule has 2 aromatic heterocycles. The second-order valence-corrected chi connectivity index (χ2v) is 9.37. The van der Waals surface area contributed by atoms with Gasteiger partial charge in [0.1, 0.15) is 0 Å². The maximum atomic E-state index is 13.5. The lowest BCUT2D eigenvalue weighted by Crippen LogP contribution is -2.30. The van der Waals surface area contributed by atoms with E-state index in [9.17, 15) is 4.79 Å². The molecule has 0 spiro atoms. The molecule has 0 saturated carbocycles. The van der Waals surface area contributed by atoms with Crippen LogP contribution in [0.2, 0.25) is 0 Å². The third kappa shape index (κ3) is 4.25. The number of hydrogen-bond donors (Lipinski definition) is 0. The van der Waals surface area contributed by atoms with Crippen LogP contribution < -0.4 is 4.90 Å². The number of hydrogen-bond acceptors (Lipinski definition) is 5. The highest BCUT2D eigenvalue weighted by Gasteiger charge is 2.23. The van der Waals surface area contributed by atoms with Gasteiger partial charge in [0, 0.05) is 16.7 Å². The highest BCUT2D eigenvalue weighted by atomic mass is 32.2. The maximum absolute atomic E-state index is 13.5. The van der Waals surface area contributed by atoms with Crippen molar-refractivity contribution in [1.82, 2.24) is 9.97 Å². The molecule has 0 bridgehead atoms. The predicted molar refractivity (Wildman–Crippen MR) is 127 cm³/mol. The summed E-state index contributed by atoms with van der Waals surface area (Å²) < 4.78 is 1.08. The number of carbonyl (C=O) groups excluding carboxylic acids is 1. The Morgan fingerprint density at radius 3 is 2.57 bits per heavy atom. The van der Waals surface area contributed by atoms with Gasteiger partial charge in [-0.05, 0) is 73.2 Å². The van der Waals surface area contributed by atoms with Gasteiger partial charge in [-0.15, -0.1) is 11.8 Å². The molecule has 4 aromatic rings. The molecule has 4 nitrogen and oxygen atoms in total. The van der Waals surface area contributed by atoms with E-state index in [0.29, 0.717) is 17.2 Å². The van der Waals surface area contributed by atoms with Crippen LogP contribution in [0.5, 0.6) is 0 Å². The van der Waals surface area contributed by atoms with Gasteiger partial charge in [-0.25, -0.2) is 4.98 Å². The van der Waals surface area contributed by atoms with E-state index in [4.69, 9.17) is 4.98 Å². The summed E-state index contributed by atoms with van der Waals surface area (Å²) in [6, 6.07) is 17.7. The third-order valence-corrected chi connectivity index (χ3v) is 6.95. The Morgan fingerprint density at radius 1 is 1.07 bits per heavy atom. The molecule has 4 rings (SSSR count). The highest BCUT2D eigenvalue weighted by Crippen LogP contribution is 2.33. The zero-order valence-corrected chi connectivity index (χ0v) is 18.9. The SMILES string of the molecule is CCSc1ccc(C(=O)N(Cc2ccccn2)c2nc3c(C)c(C)ccc3s2)cc1. The van der Waals surface area contributed by atoms with Gasteiger partial charge in [-0.1, -0.05) is 30.4 Å². The number of anilines is 1. The van der Waals surface area contributed by atoms with Gasteiger partial charge in [-0.2, -0.15) is 0 Å². The maximum Gasteiger partial charge on any atom is 0.260 e. The first kappa shape index (κ1) is 20.6.